The summed E-state index contributed by atoms with van der Waals surface area (Å²) in [4.78, 5) is 29.2. The summed E-state index contributed by atoms with van der Waals surface area (Å²) >= 11 is 0. The molecule has 0 aliphatic carbocycles. The van der Waals surface area contributed by atoms with Crippen LogP contribution in [-0.4, -0.2) is 45.0 Å². The number of hydrogen-bond acceptors (Lipinski definition) is 6. The first-order valence-electron chi connectivity index (χ1n) is 10.3. The van der Waals surface area contributed by atoms with Crippen molar-refractivity contribution in [2.75, 3.05) is 13.7 Å². The normalized spacial score (nSPS) is 12.4. The summed E-state index contributed by atoms with van der Waals surface area (Å²) in [7, 11) is -3.09. The van der Waals surface area contributed by atoms with Crippen molar-refractivity contribution in [2.45, 2.75) is 6.04 Å². The van der Waals surface area contributed by atoms with Crippen LogP contribution in [0.5, 0.6) is 0 Å². The largest absolute Gasteiger partial charge is 0.468 e. The van der Waals surface area contributed by atoms with E-state index in [0.717, 1.165) is 34.4 Å². The van der Waals surface area contributed by atoms with Crippen LogP contribution in [0.1, 0.15) is 10.5 Å². The fourth-order valence-corrected chi connectivity index (χ4v) is 4.33. The average Bonchev–Trinajstić information content (AvgIpc) is 2.84. The van der Waals surface area contributed by atoms with E-state index in [4.69, 9.17) is 5.14 Å². The zero-order valence-electron chi connectivity index (χ0n) is 18.2. The van der Waals surface area contributed by atoms with Crippen molar-refractivity contribution in [3.63, 3.8) is 0 Å². The third kappa shape index (κ3) is 5.04. The van der Waals surface area contributed by atoms with E-state index >= 15 is 0 Å². The van der Waals surface area contributed by atoms with Crippen LogP contribution in [0.15, 0.2) is 72.8 Å². The van der Waals surface area contributed by atoms with Gasteiger partial charge in [0.05, 0.1) is 12.6 Å². The Morgan fingerprint density at radius 2 is 1.62 bits per heavy atom. The van der Waals surface area contributed by atoms with Gasteiger partial charge in [-0.1, -0.05) is 66.7 Å². The molecule has 0 fully saturated rings. The van der Waals surface area contributed by atoms with Gasteiger partial charge in [-0.3, -0.25) is 9.59 Å². The van der Waals surface area contributed by atoms with Gasteiger partial charge in [0, 0.05) is 17.5 Å². The first-order valence-corrected chi connectivity index (χ1v) is 11.9. The lowest BCUT2D eigenvalue weighted by Gasteiger charge is -2.15. The second-order valence-corrected chi connectivity index (χ2v) is 8.87. The summed E-state index contributed by atoms with van der Waals surface area (Å²) in [6, 6.07) is 21.8. The number of hydrogen-bond donors (Lipinski definition) is 3. The number of benzene rings is 3. The molecule has 3 aromatic carbocycles. The second kappa shape index (κ2) is 9.56. The molecule has 1 amide bonds. The number of carbonyl (C=O) groups is 2. The third-order valence-electron chi connectivity index (χ3n) is 5.29. The molecule has 34 heavy (non-hydrogen) atoms. The van der Waals surface area contributed by atoms with Crippen molar-refractivity contribution in [2.24, 2.45) is 5.14 Å². The predicted molar refractivity (Wildman–Crippen MR) is 129 cm³/mol. The van der Waals surface area contributed by atoms with E-state index < -0.39 is 28.1 Å². The van der Waals surface area contributed by atoms with Gasteiger partial charge >= 0.3 is 5.97 Å². The van der Waals surface area contributed by atoms with Crippen molar-refractivity contribution in [3.8, 4) is 11.1 Å². The number of rotatable bonds is 7. The minimum absolute atomic E-state index is 0.111. The molecule has 0 aliphatic rings. The van der Waals surface area contributed by atoms with E-state index in [9.17, 15) is 18.0 Å². The first-order chi connectivity index (χ1) is 16.3. The van der Waals surface area contributed by atoms with Gasteiger partial charge in [-0.25, -0.2) is 10.1 Å². The summed E-state index contributed by atoms with van der Waals surface area (Å²) in [6.45, 7) is -0.368. The van der Waals surface area contributed by atoms with Gasteiger partial charge in [0.15, 0.2) is 0 Å². The molecule has 1 aromatic heterocycles. The van der Waals surface area contributed by atoms with Gasteiger partial charge < -0.3 is 10.1 Å². The Morgan fingerprint density at radius 3 is 2.35 bits per heavy atom. The van der Waals surface area contributed by atoms with Gasteiger partial charge in [0.1, 0.15) is 11.7 Å². The molecule has 0 aliphatic heterocycles. The van der Waals surface area contributed by atoms with E-state index in [2.05, 4.69) is 15.0 Å². The topological polar surface area (TPSA) is 140 Å². The molecule has 0 spiro atoms. The molecule has 0 radical (unpaired) electrons. The van der Waals surface area contributed by atoms with Crippen molar-refractivity contribution < 1.29 is 22.7 Å². The average molecular weight is 479 g/mol. The maximum atomic E-state index is 12.8. The number of amides is 1. The third-order valence-corrected chi connectivity index (χ3v) is 5.90. The van der Waals surface area contributed by atoms with Crippen LogP contribution in [0.4, 0.5) is 0 Å². The lowest BCUT2D eigenvalue weighted by molar-refractivity contribution is -0.142. The van der Waals surface area contributed by atoms with Crippen molar-refractivity contribution in [1.29, 1.82) is 0 Å². The van der Waals surface area contributed by atoms with E-state index in [1.54, 1.807) is 12.1 Å². The molecule has 1 atom stereocenters. The van der Waals surface area contributed by atoms with Gasteiger partial charge in [-0.05, 0) is 22.4 Å². The molecule has 1 unspecified atom stereocenters. The Kier molecular flexibility index (Phi) is 6.55. The van der Waals surface area contributed by atoms with Crippen LogP contribution in [0.2, 0.25) is 0 Å². The summed E-state index contributed by atoms with van der Waals surface area (Å²) in [6.07, 6.45) is 0. The highest BCUT2D eigenvalue weighted by molar-refractivity contribution is 7.87. The summed E-state index contributed by atoms with van der Waals surface area (Å²) in [5.41, 5.74) is 2.60. The maximum absolute atomic E-state index is 12.8. The number of fused-ring (bicyclic) bond motifs is 2. The summed E-state index contributed by atoms with van der Waals surface area (Å²) in [5, 5.41) is 10.5. The number of nitrogens with two attached hydrogens (primary N) is 1. The minimum atomic E-state index is -4.19. The van der Waals surface area contributed by atoms with Crippen LogP contribution >= 0.6 is 0 Å². The van der Waals surface area contributed by atoms with Crippen LogP contribution < -0.4 is 15.2 Å². The molecule has 1 heterocycles. The number of esters is 1. The number of carbonyl (C=O) groups excluding carboxylic acids is 2. The van der Waals surface area contributed by atoms with Crippen LogP contribution in [0.3, 0.4) is 0 Å². The molecular weight excluding hydrogens is 456 g/mol. The number of nitrogens with one attached hydrogen (secondary N) is 2. The van der Waals surface area contributed by atoms with Gasteiger partial charge in [-0.2, -0.15) is 13.1 Å². The molecule has 174 valence electrons. The Morgan fingerprint density at radius 1 is 0.941 bits per heavy atom. The second-order valence-electron chi connectivity index (χ2n) is 7.55. The number of para-hydroxylation sites is 1. The lowest BCUT2D eigenvalue weighted by atomic mass is 9.96. The summed E-state index contributed by atoms with van der Waals surface area (Å²) < 4.78 is 29.1. The highest BCUT2D eigenvalue weighted by Gasteiger charge is 2.24. The number of methoxy groups -OCH3 is 1. The zero-order chi connectivity index (χ0) is 24.3. The minimum Gasteiger partial charge on any atom is -0.468 e. The van der Waals surface area contributed by atoms with E-state index in [-0.39, 0.29) is 12.2 Å². The van der Waals surface area contributed by atoms with Gasteiger partial charge in [-0.15, -0.1) is 0 Å². The van der Waals surface area contributed by atoms with E-state index in [0.29, 0.717) is 5.52 Å². The van der Waals surface area contributed by atoms with Crippen LogP contribution in [-0.2, 0) is 19.7 Å². The van der Waals surface area contributed by atoms with Gasteiger partial charge in [0.2, 0.25) is 0 Å². The fourth-order valence-electron chi connectivity index (χ4n) is 3.75. The first kappa shape index (κ1) is 23.3. The van der Waals surface area contributed by atoms with Crippen molar-refractivity contribution >= 4 is 43.8 Å². The van der Waals surface area contributed by atoms with Crippen molar-refractivity contribution in [1.82, 2.24) is 15.0 Å². The highest BCUT2D eigenvalue weighted by atomic mass is 32.2. The summed E-state index contributed by atoms with van der Waals surface area (Å²) in [5.74, 6) is -1.47. The van der Waals surface area contributed by atoms with E-state index in [1.165, 1.54) is 0 Å². The number of aromatic nitrogens is 1. The maximum Gasteiger partial charge on any atom is 0.325 e. The molecule has 10 heteroatoms. The predicted octanol–water partition coefficient (Wildman–Crippen LogP) is 2.12. The van der Waals surface area contributed by atoms with Crippen molar-refractivity contribution in [3.05, 3.63) is 78.5 Å². The zero-order valence-corrected chi connectivity index (χ0v) is 19.0. The Balaban J connectivity index is 1.67. The number of pyridine rings is 1. The standard InChI is InChI=1S/C24H22N4O5S/c1-33-24(30)21(28-34(25,31)32)14-26-23(29)20-13-12-16-8-5-11-19(22(16)27-20)18-10-4-7-15-6-2-3-9-17(15)18/h2-13,21,28H,14H2,1H3,(H,26,29)(H2,25,31,32). The molecule has 4 rings (SSSR count). The van der Waals surface area contributed by atoms with Gasteiger partial charge in [0.25, 0.3) is 16.1 Å². The molecule has 4 N–H and O–H groups in total. The monoisotopic (exact) mass is 478 g/mol. The Bertz CT molecular complexity index is 1500. The highest BCUT2D eigenvalue weighted by Crippen LogP contribution is 2.33. The lowest BCUT2D eigenvalue weighted by Crippen LogP contribution is -2.50. The number of nitrogens with zero attached hydrogens (tertiary/aromatic N) is 1. The van der Waals surface area contributed by atoms with Crippen LogP contribution in [0, 0.1) is 0 Å². The smallest absolute Gasteiger partial charge is 0.325 e. The fraction of sp³-hybridized carbons (Fsp3) is 0.125. The number of ether oxygens (including phenoxy) is 1. The Labute approximate surface area is 196 Å². The molecule has 0 bridgehead atoms. The molecule has 9 nitrogen and oxygen atoms in total. The Hall–Kier alpha value is -3.86. The van der Waals surface area contributed by atoms with Crippen LogP contribution in [0.25, 0.3) is 32.8 Å². The quantitative estimate of drug-likeness (QED) is 0.348. The molecule has 0 saturated carbocycles. The molecule has 4 aromatic rings. The SMILES string of the molecule is COC(=O)C(CNC(=O)c1ccc2cccc(-c3cccc4ccccc34)c2n1)NS(N)(=O)=O. The molecular formula is C24H22N4O5S. The van der Waals surface area contributed by atoms with E-state index in [1.807, 2.05) is 65.4 Å². The molecule has 0 saturated heterocycles.